The Morgan fingerprint density at radius 3 is 2.20 bits per heavy atom. The normalized spacial score (nSPS) is 11.9. The summed E-state index contributed by atoms with van der Waals surface area (Å²) in [7, 11) is -2.79. The van der Waals surface area contributed by atoms with Gasteiger partial charge in [0.15, 0.2) is 0 Å². The average molecular weight is 625 g/mol. The number of nitrogens with one attached hydrogen (secondary N) is 1. The molecule has 0 fully saturated rings. The van der Waals surface area contributed by atoms with Crippen molar-refractivity contribution in [3.8, 4) is 5.75 Å². The first-order valence-electron chi connectivity index (χ1n) is 12.4. The van der Waals surface area contributed by atoms with Gasteiger partial charge in [-0.2, -0.15) is 0 Å². The zero-order valence-electron chi connectivity index (χ0n) is 22.6. The summed E-state index contributed by atoms with van der Waals surface area (Å²) in [5.74, 6) is -0.779. The van der Waals surface area contributed by atoms with E-state index in [-0.39, 0.29) is 23.7 Å². The number of benzene rings is 3. The van der Waals surface area contributed by atoms with Crippen molar-refractivity contribution in [3.63, 3.8) is 0 Å². The van der Waals surface area contributed by atoms with Gasteiger partial charge in [-0.25, -0.2) is 8.42 Å². The molecule has 0 saturated heterocycles. The van der Waals surface area contributed by atoms with Gasteiger partial charge < -0.3 is 15.0 Å². The van der Waals surface area contributed by atoms with E-state index in [1.54, 1.807) is 68.4 Å². The Morgan fingerprint density at radius 2 is 1.62 bits per heavy atom. The standard InChI is InChI=1S/C28H31Cl2N3O5S2/c1-5-38-26-12-7-6-11-25(26)33(40(36,37)21-15-13-20(39-4)14-16-21)18-27(34)32(19(2)28(35)31-3)17-22-23(29)9-8-10-24(22)30/h6-16,19H,5,17-18H2,1-4H3,(H,31,35)/t19-/m0/s1. The Kier molecular flexibility index (Phi) is 11.2. The number of sulfonamides is 1. The highest BCUT2D eigenvalue weighted by Crippen LogP contribution is 2.34. The lowest BCUT2D eigenvalue weighted by molar-refractivity contribution is -0.139. The Labute approximate surface area is 249 Å². The molecule has 2 amide bonds. The molecule has 0 aliphatic heterocycles. The first-order valence-corrected chi connectivity index (χ1v) is 15.8. The number of hydrogen-bond acceptors (Lipinski definition) is 6. The van der Waals surface area contributed by atoms with E-state index in [0.29, 0.717) is 21.4 Å². The molecule has 0 aliphatic rings. The second-order valence-corrected chi connectivity index (χ2v) is 12.2. The van der Waals surface area contributed by atoms with Crippen LogP contribution in [0.5, 0.6) is 5.75 Å². The Hall–Kier alpha value is -2.92. The third-order valence-corrected chi connectivity index (χ3v) is 9.39. The maximum atomic E-state index is 14.0. The number of amides is 2. The Balaban J connectivity index is 2.12. The quantitative estimate of drug-likeness (QED) is 0.269. The van der Waals surface area contributed by atoms with Crippen molar-refractivity contribution in [2.24, 2.45) is 0 Å². The number of carbonyl (C=O) groups excluding carboxylic acids is 2. The summed E-state index contributed by atoms with van der Waals surface area (Å²) in [6.45, 7) is 2.89. The molecule has 12 heteroatoms. The van der Waals surface area contributed by atoms with Gasteiger partial charge in [0.05, 0.1) is 17.2 Å². The number of para-hydroxylation sites is 2. The fourth-order valence-corrected chi connectivity index (χ4v) is 6.32. The molecule has 1 atom stereocenters. The van der Waals surface area contributed by atoms with Crippen LogP contribution in [0.1, 0.15) is 19.4 Å². The van der Waals surface area contributed by atoms with E-state index < -0.39 is 34.4 Å². The summed E-state index contributed by atoms with van der Waals surface area (Å²) >= 11 is 14.2. The molecule has 3 rings (SSSR count). The molecule has 0 heterocycles. The van der Waals surface area contributed by atoms with Gasteiger partial charge in [-0.15, -0.1) is 11.8 Å². The number of halogens is 2. The number of rotatable bonds is 12. The van der Waals surface area contributed by atoms with Gasteiger partial charge in [-0.3, -0.25) is 13.9 Å². The van der Waals surface area contributed by atoms with Crippen molar-refractivity contribution in [2.45, 2.75) is 36.2 Å². The van der Waals surface area contributed by atoms with E-state index in [9.17, 15) is 18.0 Å². The van der Waals surface area contributed by atoms with Gasteiger partial charge in [0.1, 0.15) is 18.3 Å². The Morgan fingerprint density at radius 1 is 1.00 bits per heavy atom. The predicted octanol–water partition coefficient (Wildman–Crippen LogP) is 5.47. The Bertz CT molecular complexity index is 1430. The van der Waals surface area contributed by atoms with Crippen molar-refractivity contribution >= 4 is 62.5 Å². The minimum Gasteiger partial charge on any atom is -0.492 e. The van der Waals surface area contributed by atoms with Crippen molar-refractivity contribution in [1.29, 1.82) is 0 Å². The van der Waals surface area contributed by atoms with Crippen LogP contribution in [-0.4, -0.2) is 57.6 Å². The summed E-state index contributed by atoms with van der Waals surface area (Å²) < 4.78 is 34.8. The van der Waals surface area contributed by atoms with Gasteiger partial charge in [-0.1, -0.05) is 41.4 Å². The van der Waals surface area contributed by atoms with Crippen LogP contribution >= 0.6 is 35.0 Å². The summed E-state index contributed by atoms with van der Waals surface area (Å²) in [5.41, 5.74) is 0.627. The SMILES string of the molecule is CCOc1ccccc1N(CC(=O)N(Cc1c(Cl)cccc1Cl)[C@@H](C)C(=O)NC)S(=O)(=O)c1ccc(SC)cc1. The topological polar surface area (TPSA) is 96.0 Å². The maximum absolute atomic E-state index is 14.0. The largest absolute Gasteiger partial charge is 0.492 e. The first kappa shape index (κ1) is 31.6. The molecular formula is C28H31Cl2N3O5S2. The zero-order chi connectivity index (χ0) is 29.4. The summed E-state index contributed by atoms with van der Waals surface area (Å²) in [6.07, 6.45) is 1.89. The lowest BCUT2D eigenvalue weighted by Crippen LogP contribution is -2.50. The highest BCUT2D eigenvalue weighted by atomic mass is 35.5. The molecule has 40 heavy (non-hydrogen) atoms. The van der Waals surface area contributed by atoms with Crippen molar-refractivity contribution in [3.05, 3.63) is 82.3 Å². The van der Waals surface area contributed by atoms with Crippen LogP contribution in [0, 0.1) is 0 Å². The second-order valence-electron chi connectivity index (χ2n) is 8.60. The van der Waals surface area contributed by atoms with Crippen LogP contribution in [0.4, 0.5) is 5.69 Å². The van der Waals surface area contributed by atoms with Crippen molar-refractivity contribution in [1.82, 2.24) is 10.2 Å². The minimum atomic E-state index is -4.25. The van der Waals surface area contributed by atoms with Crippen LogP contribution in [0.25, 0.3) is 0 Å². The number of hydrogen-bond donors (Lipinski definition) is 1. The maximum Gasteiger partial charge on any atom is 0.264 e. The molecule has 0 radical (unpaired) electrons. The van der Waals surface area contributed by atoms with Gasteiger partial charge in [0.2, 0.25) is 11.8 Å². The average Bonchev–Trinajstić information content (AvgIpc) is 2.95. The van der Waals surface area contributed by atoms with Crippen molar-refractivity contribution in [2.75, 3.05) is 30.8 Å². The van der Waals surface area contributed by atoms with Gasteiger partial charge in [0.25, 0.3) is 10.0 Å². The number of likely N-dealkylation sites (N-methyl/N-ethyl adjacent to an activating group) is 1. The van der Waals surface area contributed by atoms with Crippen LogP contribution < -0.4 is 14.4 Å². The van der Waals surface area contributed by atoms with E-state index >= 15 is 0 Å². The zero-order valence-corrected chi connectivity index (χ0v) is 25.7. The molecule has 0 spiro atoms. The van der Waals surface area contributed by atoms with Crippen molar-refractivity contribution < 1.29 is 22.7 Å². The molecule has 3 aromatic carbocycles. The fraction of sp³-hybridized carbons (Fsp3) is 0.286. The number of anilines is 1. The predicted molar refractivity (Wildman–Crippen MR) is 161 cm³/mol. The first-order chi connectivity index (χ1) is 19.0. The minimum absolute atomic E-state index is 0.00412. The van der Waals surface area contributed by atoms with Gasteiger partial charge in [0, 0.05) is 34.1 Å². The monoisotopic (exact) mass is 623 g/mol. The summed E-state index contributed by atoms with van der Waals surface area (Å²) in [6, 6.07) is 16.9. The molecule has 0 bridgehead atoms. The summed E-state index contributed by atoms with van der Waals surface area (Å²) in [4.78, 5) is 28.8. The molecular weight excluding hydrogens is 593 g/mol. The fourth-order valence-electron chi connectivity index (χ4n) is 3.97. The lowest BCUT2D eigenvalue weighted by Gasteiger charge is -2.32. The van der Waals surface area contributed by atoms with E-state index in [0.717, 1.165) is 9.20 Å². The number of ether oxygens (including phenoxy) is 1. The highest BCUT2D eigenvalue weighted by molar-refractivity contribution is 7.98. The highest BCUT2D eigenvalue weighted by Gasteiger charge is 2.34. The third-order valence-electron chi connectivity index (χ3n) is 6.16. The molecule has 214 valence electrons. The van der Waals surface area contributed by atoms with Gasteiger partial charge in [-0.05, 0) is 68.6 Å². The molecule has 1 N–H and O–H groups in total. The smallest absolute Gasteiger partial charge is 0.264 e. The number of carbonyl (C=O) groups is 2. The second kappa shape index (κ2) is 14.1. The lowest BCUT2D eigenvalue weighted by atomic mass is 10.1. The van der Waals surface area contributed by atoms with Gasteiger partial charge >= 0.3 is 0 Å². The molecule has 0 aliphatic carbocycles. The molecule has 8 nitrogen and oxygen atoms in total. The molecule has 0 unspecified atom stereocenters. The van der Waals surface area contributed by atoms with E-state index in [2.05, 4.69) is 5.32 Å². The molecule has 0 aromatic heterocycles. The van der Waals surface area contributed by atoms with Crippen LogP contribution in [0.3, 0.4) is 0 Å². The van der Waals surface area contributed by atoms with Crippen LogP contribution in [0.15, 0.2) is 76.5 Å². The van der Waals surface area contributed by atoms with E-state index in [1.165, 1.54) is 35.8 Å². The molecule has 0 saturated carbocycles. The molecule has 3 aromatic rings. The summed E-state index contributed by atoms with van der Waals surface area (Å²) in [5, 5.41) is 3.17. The van der Waals surface area contributed by atoms with Crippen LogP contribution in [-0.2, 0) is 26.2 Å². The number of nitrogens with zero attached hydrogens (tertiary/aromatic N) is 2. The van der Waals surface area contributed by atoms with E-state index in [4.69, 9.17) is 27.9 Å². The number of thioether (sulfide) groups is 1. The van der Waals surface area contributed by atoms with E-state index in [1.807, 2.05) is 6.26 Å². The van der Waals surface area contributed by atoms with Crippen LogP contribution in [0.2, 0.25) is 10.0 Å². The third kappa shape index (κ3) is 7.23.